The van der Waals surface area contributed by atoms with E-state index in [9.17, 15) is 13.2 Å². The zero-order chi connectivity index (χ0) is 49.5. The van der Waals surface area contributed by atoms with Crippen molar-refractivity contribution in [3.63, 3.8) is 0 Å². The highest BCUT2D eigenvalue weighted by molar-refractivity contribution is 6.87. The molecule has 0 amide bonds. The molecular formula is C53H65F3O9Si4. The van der Waals surface area contributed by atoms with E-state index < -0.39 is 56.8 Å². The molecule has 1 spiro atoms. The fourth-order valence-corrected chi connectivity index (χ4v) is 23.0. The summed E-state index contributed by atoms with van der Waals surface area (Å²) in [6, 6.07) is 24.0. The Kier molecular flexibility index (Phi) is 12.7. The van der Waals surface area contributed by atoms with Gasteiger partial charge in [0, 0.05) is 27.5 Å². The van der Waals surface area contributed by atoms with Gasteiger partial charge in [0.15, 0.2) is 42.1 Å². The minimum Gasteiger partial charge on any atom is -0.497 e. The Balaban J connectivity index is 1.14. The number of methoxy groups -OCH3 is 3. The van der Waals surface area contributed by atoms with Gasteiger partial charge in [0.25, 0.3) is 0 Å². The lowest BCUT2D eigenvalue weighted by molar-refractivity contribution is -0.137. The molecule has 9 nitrogen and oxygen atoms in total. The van der Waals surface area contributed by atoms with E-state index in [-0.39, 0.29) is 19.1 Å². The maximum absolute atomic E-state index is 14.6. The molecule has 16 heteroatoms. The predicted molar refractivity (Wildman–Crippen MR) is 274 cm³/mol. The summed E-state index contributed by atoms with van der Waals surface area (Å²) in [5.74, 6) is 3.59. The summed E-state index contributed by atoms with van der Waals surface area (Å²) < 4.78 is 102. The highest BCUT2D eigenvalue weighted by Gasteiger charge is 2.59. The zero-order valence-electron chi connectivity index (χ0n) is 41.9. The Morgan fingerprint density at radius 1 is 0.667 bits per heavy atom. The smallest absolute Gasteiger partial charge is 0.497 e. The van der Waals surface area contributed by atoms with Crippen LogP contribution >= 0.6 is 0 Å². The van der Waals surface area contributed by atoms with Crippen molar-refractivity contribution in [2.24, 2.45) is 11.8 Å². The van der Waals surface area contributed by atoms with E-state index in [4.69, 9.17) is 40.5 Å². The third-order valence-corrected chi connectivity index (χ3v) is 24.6. The fourth-order valence-electron chi connectivity index (χ4n) is 11.3. The van der Waals surface area contributed by atoms with Crippen LogP contribution in [0.4, 0.5) is 13.2 Å². The average Bonchev–Trinajstić information content (AvgIpc) is 3.97. The van der Waals surface area contributed by atoms with E-state index in [0.29, 0.717) is 34.7 Å². The molecule has 69 heavy (non-hydrogen) atoms. The van der Waals surface area contributed by atoms with Crippen molar-refractivity contribution in [3.8, 4) is 39.9 Å². The van der Waals surface area contributed by atoms with Gasteiger partial charge < -0.3 is 40.5 Å². The predicted octanol–water partition coefficient (Wildman–Crippen LogP) is 13.7. The normalized spacial score (nSPS) is 21.8. The highest BCUT2D eigenvalue weighted by atomic mass is 28.5. The largest absolute Gasteiger partial charge is 0.647 e. The summed E-state index contributed by atoms with van der Waals surface area (Å²) in [7, 11) is -5.14. The topological polar surface area (TPSA) is 83.1 Å². The SMILES string of the molecule is COc1ccc(C2(c3ccc(OCCO[Si](O[Si](C)(C)C)(O[Si](C)(C)C)O[Si](C)(C)C)cc3)C=Cc3c4c(c5cc(OC)c(OC)cc5c3O2)-c2ccc(C(F)(F)F)cc2C42CC3CCC2C3)cc1. The first-order chi connectivity index (χ1) is 32.4. The Hall–Kier alpha value is -4.40. The van der Waals surface area contributed by atoms with E-state index in [1.165, 1.54) is 12.1 Å². The zero-order valence-corrected chi connectivity index (χ0v) is 45.9. The first-order valence-corrected chi connectivity index (χ1v) is 35.8. The molecule has 1 heterocycles. The lowest BCUT2D eigenvalue weighted by Crippen LogP contribution is -2.62. The molecule has 2 bridgehead atoms. The molecule has 0 N–H and O–H groups in total. The van der Waals surface area contributed by atoms with Gasteiger partial charge in [0.1, 0.15) is 23.9 Å². The van der Waals surface area contributed by atoms with Crippen LogP contribution in [0, 0.1) is 11.8 Å². The lowest BCUT2D eigenvalue weighted by atomic mass is 9.65. The van der Waals surface area contributed by atoms with Crippen molar-refractivity contribution in [2.75, 3.05) is 34.5 Å². The minimum atomic E-state index is -4.49. The molecule has 4 atom stereocenters. The fraction of sp³-hybridized carbons (Fsp3) is 0.434. The van der Waals surface area contributed by atoms with Gasteiger partial charge in [-0.05, 0) is 172 Å². The van der Waals surface area contributed by atoms with Crippen molar-refractivity contribution >= 4 is 50.8 Å². The van der Waals surface area contributed by atoms with E-state index in [1.54, 1.807) is 27.4 Å². The summed E-state index contributed by atoms with van der Waals surface area (Å²) >= 11 is 0. The summed E-state index contributed by atoms with van der Waals surface area (Å²) in [4.78, 5) is 0. The molecule has 2 fully saturated rings. The molecule has 0 saturated heterocycles. The van der Waals surface area contributed by atoms with Crippen molar-refractivity contribution in [1.29, 1.82) is 0 Å². The minimum absolute atomic E-state index is 0.180. The van der Waals surface area contributed by atoms with Crippen LogP contribution in [0.5, 0.6) is 28.7 Å². The van der Waals surface area contributed by atoms with Gasteiger partial charge >= 0.3 is 15.2 Å². The Bertz CT molecular complexity index is 2740. The van der Waals surface area contributed by atoms with Gasteiger partial charge in [-0.3, -0.25) is 0 Å². The van der Waals surface area contributed by atoms with Crippen LogP contribution < -0.4 is 23.7 Å². The molecule has 4 aliphatic rings. The highest BCUT2D eigenvalue weighted by Crippen LogP contribution is 2.69. The maximum Gasteiger partial charge on any atom is 0.647 e. The molecule has 5 aromatic rings. The second-order valence-corrected chi connectivity index (χ2v) is 38.2. The maximum atomic E-state index is 14.6. The van der Waals surface area contributed by atoms with Crippen LogP contribution in [0.25, 0.3) is 28.0 Å². The third-order valence-electron chi connectivity index (χ3n) is 13.7. The molecule has 4 unspecified atom stereocenters. The third kappa shape index (κ3) is 9.24. The van der Waals surface area contributed by atoms with Gasteiger partial charge in [-0.1, -0.05) is 42.8 Å². The van der Waals surface area contributed by atoms with E-state index >= 15 is 0 Å². The second kappa shape index (κ2) is 17.7. The van der Waals surface area contributed by atoms with Crippen LogP contribution in [0.1, 0.15) is 59.1 Å². The van der Waals surface area contributed by atoms with Gasteiger partial charge in [-0.2, -0.15) is 13.2 Å². The summed E-state index contributed by atoms with van der Waals surface area (Å²) in [6.45, 7) is 19.5. The number of benzene rings is 5. The molecule has 2 saturated carbocycles. The van der Waals surface area contributed by atoms with Gasteiger partial charge in [0.05, 0.1) is 33.5 Å². The quantitative estimate of drug-likeness (QED) is 0.0709. The van der Waals surface area contributed by atoms with Gasteiger partial charge in [-0.15, -0.1) is 0 Å². The number of hydrogen-bond acceptors (Lipinski definition) is 9. The first kappa shape index (κ1) is 49.6. The number of fused-ring (bicyclic) bond motifs is 13. The Morgan fingerprint density at radius 3 is 1.75 bits per heavy atom. The number of alkyl halides is 3. The van der Waals surface area contributed by atoms with Crippen LogP contribution in [0.15, 0.2) is 84.9 Å². The van der Waals surface area contributed by atoms with Gasteiger partial charge in [0.2, 0.25) is 0 Å². The van der Waals surface area contributed by atoms with Crippen LogP contribution in [0.3, 0.4) is 0 Å². The molecule has 5 aromatic carbocycles. The Morgan fingerprint density at radius 2 is 1.25 bits per heavy atom. The number of rotatable bonds is 16. The molecule has 0 aromatic heterocycles. The van der Waals surface area contributed by atoms with E-state index in [1.807, 2.05) is 60.7 Å². The molecule has 1 aliphatic heterocycles. The van der Waals surface area contributed by atoms with Crippen molar-refractivity contribution in [1.82, 2.24) is 0 Å². The van der Waals surface area contributed by atoms with Crippen molar-refractivity contribution in [3.05, 3.63) is 118 Å². The van der Waals surface area contributed by atoms with Crippen LogP contribution in [0.2, 0.25) is 58.9 Å². The average molecular weight is 1020 g/mol. The molecule has 368 valence electrons. The molecule has 3 aliphatic carbocycles. The summed E-state index contributed by atoms with van der Waals surface area (Å²) in [5, 5.41) is 1.60. The van der Waals surface area contributed by atoms with E-state index in [0.717, 1.165) is 75.4 Å². The first-order valence-electron chi connectivity index (χ1n) is 23.9. The number of hydrogen-bond donors (Lipinski definition) is 0. The lowest BCUT2D eigenvalue weighted by Gasteiger charge is -2.41. The van der Waals surface area contributed by atoms with Crippen molar-refractivity contribution in [2.45, 2.75) is 102 Å². The van der Waals surface area contributed by atoms with E-state index in [2.05, 4.69) is 71.1 Å². The summed E-state index contributed by atoms with van der Waals surface area (Å²) in [5.41, 5.74) is 3.71. The monoisotopic (exact) mass is 1010 g/mol. The number of halogens is 3. The standard InChI is InChI=1S/C53H65F3O9Si4/c1-57-39-20-15-35(16-21-39)52(36-17-22-40(23-18-36)60-27-28-61-69(63-66(4,5)6,64-67(7,8)9)65-68(10,11)12)26-25-42-49-48(43-31-46(58-2)47(59-3)32-44(43)50(42)62-52)41-24-19-38(53(54,55)56)30-45(41)51(49)33-34-13-14-37(51)29-34/h15-26,30-32,34,37H,13-14,27-29,33H2,1-12H3. The molecule has 0 radical (unpaired) electrons. The van der Waals surface area contributed by atoms with Gasteiger partial charge in [-0.25, -0.2) is 0 Å². The Labute approximate surface area is 409 Å². The number of ether oxygens (including phenoxy) is 5. The van der Waals surface area contributed by atoms with Crippen molar-refractivity contribution < 1.29 is 53.6 Å². The van der Waals surface area contributed by atoms with Crippen LogP contribution in [-0.2, 0) is 34.0 Å². The second-order valence-electron chi connectivity index (χ2n) is 21.8. The molecule has 9 rings (SSSR count). The molecular weight excluding hydrogens is 950 g/mol. The van der Waals surface area contributed by atoms with Crippen LogP contribution in [-0.4, -0.2) is 68.5 Å². The summed E-state index contributed by atoms with van der Waals surface area (Å²) in [6.07, 6.45) is 3.53.